The lowest BCUT2D eigenvalue weighted by Crippen LogP contribution is -2.37. The fourth-order valence-electron chi connectivity index (χ4n) is 2.87. The molecular weight excluding hydrogens is 254 g/mol. The number of aryl methyl sites for hydroxylation is 1. The van der Waals surface area contributed by atoms with Crippen LogP contribution in [0.1, 0.15) is 62.7 Å². The van der Waals surface area contributed by atoms with E-state index < -0.39 is 0 Å². The summed E-state index contributed by atoms with van der Waals surface area (Å²) in [6.45, 7) is 7.77. The number of aromatic nitrogens is 1. The summed E-state index contributed by atoms with van der Waals surface area (Å²) in [5.41, 5.74) is 1.13. The third kappa shape index (κ3) is 4.86. The molecule has 1 aliphatic heterocycles. The largest absolute Gasteiger partial charge is 0.314 e. The smallest absolute Gasteiger partial charge is 0.110 e. The predicted octanol–water partition coefficient (Wildman–Crippen LogP) is 3.41. The number of rotatable bonds is 5. The highest BCUT2D eigenvalue weighted by Crippen LogP contribution is 2.19. The molecule has 0 spiro atoms. The molecule has 4 heteroatoms. The monoisotopic (exact) mass is 281 g/mol. The summed E-state index contributed by atoms with van der Waals surface area (Å²) in [5.74, 6) is 0. The molecule has 1 saturated heterocycles. The van der Waals surface area contributed by atoms with E-state index >= 15 is 0 Å². The van der Waals surface area contributed by atoms with Crippen LogP contribution in [0.2, 0.25) is 0 Å². The number of nitrogens with one attached hydrogen (secondary N) is 2. The second-order valence-corrected chi connectivity index (χ2v) is 6.74. The van der Waals surface area contributed by atoms with Crippen molar-refractivity contribution in [1.82, 2.24) is 15.6 Å². The Kier molecular flexibility index (Phi) is 5.79. The number of hydrogen-bond donors (Lipinski definition) is 2. The van der Waals surface area contributed by atoms with Crippen molar-refractivity contribution < 1.29 is 0 Å². The molecule has 2 rings (SSSR count). The molecule has 1 aliphatic rings. The Morgan fingerprint density at radius 3 is 3.00 bits per heavy atom. The number of thiazole rings is 1. The normalized spacial score (nSPS) is 23.8. The van der Waals surface area contributed by atoms with Gasteiger partial charge in [-0.25, -0.2) is 4.98 Å². The van der Waals surface area contributed by atoms with E-state index in [0.29, 0.717) is 18.1 Å². The molecule has 2 heterocycles. The molecule has 3 unspecified atom stereocenters. The van der Waals surface area contributed by atoms with Gasteiger partial charge in [0.25, 0.3) is 0 Å². The molecule has 3 nitrogen and oxygen atoms in total. The molecule has 1 aromatic rings. The van der Waals surface area contributed by atoms with Gasteiger partial charge in [0, 0.05) is 23.2 Å². The zero-order valence-corrected chi connectivity index (χ0v) is 13.2. The van der Waals surface area contributed by atoms with E-state index in [1.165, 1.54) is 43.7 Å². The van der Waals surface area contributed by atoms with Crippen LogP contribution in [0, 0.1) is 6.92 Å². The van der Waals surface area contributed by atoms with Crippen LogP contribution in [0.5, 0.6) is 0 Å². The van der Waals surface area contributed by atoms with Gasteiger partial charge in [-0.2, -0.15) is 0 Å². The Labute approximate surface area is 121 Å². The third-order valence-electron chi connectivity index (χ3n) is 3.84. The zero-order chi connectivity index (χ0) is 13.7. The molecule has 0 radical (unpaired) electrons. The van der Waals surface area contributed by atoms with E-state index in [1.807, 2.05) is 0 Å². The van der Waals surface area contributed by atoms with E-state index in [1.54, 1.807) is 11.3 Å². The van der Waals surface area contributed by atoms with Gasteiger partial charge in [0.1, 0.15) is 5.01 Å². The van der Waals surface area contributed by atoms with E-state index in [2.05, 4.69) is 41.8 Å². The summed E-state index contributed by atoms with van der Waals surface area (Å²) < 4.78 is 0. The lowest BCUT2D eigenvalue weighted by molar-refractivity contribution is 0.380. The van der Waals surface area contributed by atoms with Gasteiger partial charge in [-0.15, -0.1) is 11.3 Å². The quantitative estimate of drug-likeness (QED) is 0.868. The van der Waals surface area contributed by atoms with Gasteiger partial charge in [-0.3, -0.25) is 0 Å². The summed E-state index contributed by atoms with van der Waals surface area (Å²) in [6, 6.07) is 1.59. The lowest BCUT2D eigenvalue weighted by atomic mass is 10.0. The maximum Gasteiger partial charge on any atom is 0.110 e. The van der Waals surface area contributed by atoms with Gasteiger partial charge >= 0.3 is 0 Å². The molecule has 2 N–H and O–H groups in total. The predicted molar refractivity (Wildman–Crippen MR) is 82.7 cm³/mol. The Morgan fingerprint density at radius 2 is 2.26 bits per heavy atom. The van der Waals surface area contributed by atoms with Crippen LogP contribution in [-0.2, 0) is 0 Å². The summed E-state index contributed by atoms with van der Waals surface area (Å²) in [7, 11) is 0. The van der Waals surface area contributed by atoms with Crippen LogP contribution in [0.3, 0.4) is 0 Å². The second kappa shape index (κ2) is 7.36. The molecule has 1 fully saturated rings. The molecule has 19 heavy (non-hydrogen) atoms. The van der Waals surface area contributed by atoms with E-state index in [-0.39, 0.29) is 0 Å². The van der Waals surface area contributed by atoms with E-state index in [0.717, 1.165) is 5.69 Å². The van der Waals surface area contributed by atoms with E-state index in [4.69, 9.17) is 0 Å². The van der Waals surface area contributed by atoms with Crippen LogP contribution < -0.4 is 10.6 Å². The molecule has 0 saturated carbocycles. The highest BCUT2D eigenvalue weighted by molar-refractivity contribution is 7.09. The van der Waals surface area contributed by atoms with Crippen LogP contribution in [0.4, 0.5) is 0 Å². The molecule has 0 aliphatic carbocycles. The molecule has 0 bridgehead atoms. The number of hydrogen-bond acceptors (Lipinski definition) is 4. The number of nitrogens with zero attached hydrogens (tertiary/aromatic N) is 1. The Bertz CT molecular complexity index is 369. The molecular formula is C15H27N3S. The van der Waals surface area contributed by atoms with Crippen LogP contribution in [0.25, 0.3) is 0 Å². The average molecular weight is 281 g/mol. The van der Waals surface area contributed by atoms with Gasteiger partial charge in [-0.05, 0) is 46.6 Å². The maximum absolute atomic E-state index is 4.57. The van der Waals surface area contributed by atoms with Crippen molar-refractivity contribution in [3.05, 3.63) is 16.1 Å². The highest BCUT2D eigenvalue weighted by Gasteiger charge is 2.17. The van der Waals surface area contributed by atoms with Crippen molar-refractivity contribution in [3.63, 3.8) is 0 Å². The van der Waals surface area contributed by atoms with Crippen LogP contribution in [0.15, 0.2) is 5.38 Å². The maximum atomic E-state index is 4.57. The van der Waals surface area contributed by atoms with Crippen LogP contribution >= 0.6 is 11.3 Å². The lowest BCUT2D eigenvalue weighted by Gasteiger charge is -2.23. The standard InChI is InChI=1S/C15H27N3S/c1-11(9-14-7-5-4-6-8-16-14)17-13(3)15-18-12(2)10-19-15/h10-11,13-14,16-17H,4-9H2,1-3H3. The van der Waals surface area contributed by atoms with Crippen molar-refractivity contribution >= 4 is 11.3 Å². The van der Waals surface area contributed by atoms with Gasteiger partial charge in [-0.1, -0.05) is 12.8 Å². The molecule has 108 valence electrons. The minimum absolute atomic E-state index is 0.361. The zero-order valence-electron chi connectivity index (χ0n) is 12.4. The van der Waals surface area contributed by atoms with Crippen molar-refractivity contribution in [3.8, 4) is 0 Å². The van der Waals surface area contributed by atoms with Crippen LogP contribution in [-0.4, -0.2) is 23.6 Å². The molecule has 0 amide bonds. The molecule has 3 atom stereocenters. The Hall–Kier alpha value is -0.450. The Morgan fingerprint density at radius 1 is 1.42 bits per heavy atom. The summed E-state index contributed by atoms with van der Waals surface area (Å²) in [5, 5.41) is 10.7. The summed E-state index contributed by atoms with van der Waals surface area (Å²) >= 11 is 1.76. The van der Waals surface area contributed by atoms with Gasteiger partial charge in [0.15, 0.2) is 0 Å². The SMILES string of the molecule is Cc1csc(C(C)NC(C)CC2CCCCCN2)n1. The molecule has 1 aromatic heterocycles. The second-order valence-electron chi connectivity index (χ2n) is 5.85. The fraction of sp³-hybridized carbons (Fsp3) is 0.800. The van der Waals surface area contributed by atoms with Crippen molar-refractivity contribution in [2.45, 2.75) is 71.0 Å². The van der Waals surface area contributed by atoms with Gasteiger partial charge < -0.3 is 10.6 Å². The molecule has 0 aromatic carbocycles. The van der Waals surface area contributed by atoms with Gasteiger partial charge in [0.05, 0.1) is 6.04 Å². The van der Waals surface area contributed by atoms with Crippen molar-refractivity contribution in [2.24, 2.45) is 0 Å². The fourth-order valence-corrected chi connectivity index (χ4v) is 3.68. The summed E-state index contributed by atoms with van der Waals surface area (Å²) in [6.07, 6.45) is 6.66. The first-order valence-electron chi connectivity index (χ1n) is 7.56. The van der Waals surface area contributed by atoms with Crippen molar-refractivity contribution in [1.29, 1.82) is 0 Å². The summed E-state index contributed by atoms with van der Waals surface area (Å²) in [4.78, 5) is 4.57. The minimum Gasteiger partial charge on any atom is -0.314 e. The van der Waals surface area contributed by atoms with Crippen molar-refractivity contribution in [2.75, 3.05) is 6.54 Å². The third-order valence-corrected chi connectivity index (χ3v) is 4.99. The van der Waals surface area contributed by atoms with E-state index in [9.17, 15) is 0 Å². The van der Waals surface area contributed by atoms with Gasteiger partial charge in [0.2, 0.25) is 0 Å². The minimum atomic E-state index is 0.361. The topological polar surface area (TPSA) is 37.0 Å². The first-order valence-corrected chi connectivity index (χ1v) is 8.44. The Balaban J connectivity index is 1.78. The average Bonchev–Trinajstić information content (AvgIpc) is 2.64. The highest BCUT2D eigenvalue weighted by atomic mass is 32.1. The first kappa shape index (κ1) is 14.9. The first-order chi connectivity index (χ1) is 9.15.